The zero-order chi connectivity index (χ0) is 14.2. The molecule has 0 aliphatic heterocycles. The van der Waals surface area contributed by atoms with E-state index in [0.29, 0.717) is 0 Å². The van der Waals surface area contributed by atoms with E-state index in [4.69, 9.17) is 27.4 Å². The highest BCUT2D eigenvalue weighted by atomic mass is 16.4. The van der Waals surface area contributed by atoms with E-state index in [9.17, 15) is 4.79 Å². The zero-order valence-electron chi connectivity index (χ0n) is 10.6. The van der Waals surface area contributed by atoms with E-state index in [1.165, 1.54) is 4.90 Å². The number of hydrogen-bond acceptors (Lipinski definition) is 4. The zero-order valence-corrected chi connectivity index (χ0v) is 10.6. The molecule has 0 aliphatic carbocycles. The van der Waals surface area contributed by atoms with Gasteiger partial charge in [0.25, 0.3) is 0 Å². The van der Waals surface area contributed by atoms with Crippen LogP contribution in [0.3, 0.4) is 0 Å². The van der Waals surface area contributed by atoms with Crippen LogP contribution in [-0.4, -0.2) is 48.0 Å². The fourth-order valence-corrected chi connectivity index (χ4v) is 0.525. The fourth-order valence-electron chi connectivity index (χ4n) is 0.525. The molecule has 0 rings (SSSR count). The van der Waals surface area contributed by atoms with Gasteiger partial charge in [-0.2, -0.15) is 0 Å². The van der Waals surface area contributed by atoms with Crippen LogP contribution in [0.25, 0.3) is 0 Å². The lowest BCUT2D eigenvalue weighted by molar-refractivity contribution is -0.139. The number of carboxylic acid groups (broad SMARTS) is 1. The van der Waals surface area contributed by atoms with Crippen LogP contribution in [-0.2, 0) is 4.79 Å². The van der Waals surface area contributed by atoms with Crippen molar-refractivity contribution < 1.29 is 9.90 Å². The normalized spacial score (nSPS) is 10.9. The number of hydrogen-bond donors (Lipinski definition) is 6. The van der Waals surface area contributed by atoms with Crippen molar-refractivity contribution in [1.82, 2.24) is 10.2 Å². The first-order chi connectivity index (χ1) is 7.59. The van der Waals surface area contributed by atoms with E-state index in [1.54, 1.807) is 27.9 Å². The van der Waals surface area contributed by atoms with E-state index in [0.717, 1.165) is 0 Å². The minimum absolute atomic E-state index is 0.0208. The first-order valence-electron chi connectivity index (χ1n) is 4.94. The average Bonchev–Trinajstić information content (AvgIpc) is 2.15. The van der Waals surface area contributed by atoms with E-state index >= 15 is 0 Å². The fraction of sp³-hybridized carbons (Fsp3) is 0.667. The molecule has 8 N–H and O–H groups in total. The molecule has 0 heterocycles. The predicted octanol–water partition coefficient (Wildman–Crippen LogP) is -0.980. The minimum atomic E-state index is -0.931. The lowest BCUT2D eigenvalue weighted by atomic mass is 10.1. The number of carbonyl (C=O) groups is 1. The van der Waals surface area contributed by atoms with Crippen LogP contribution >= 0.6 is 0 Å². The molecule has 1 atom stereocenters. The minimum Gasteiger partial charge on any atom is -0.480 e. The van der Waals surface area contributed by atoms with Crippen molar-refractivity contribution >= 4 is 17.9 Å². The number of guanidine groups is 2. The van der Waals surface area contributed by atoms with Gasteiger partial charge in [-0.15, -0.1) is 0 Å². The summed E-state index contributed by atoms with van der Waals surface area (Å²) in [5.41, 5.74) is 10.1. The number of aliphatic carboxylic acids is 1. The largest absolute Gasteiger partial charge is 0.480 e. The van der Waals surface area contributed by atoms with Crippen molar-refractivity contribution in [2.24, 2.45) is 17.4 Å². The molecule has 0 spiro atoms. The molecule has 8 nitrogen and oxygen atoms in total. The summed E-state index contributed by atoms with van der Waals surface area (Å²) in [6, 6.07) is -0.713. The van der Waals surface area contributed by atoms with Crippen LogP contribution in [0, 0.1) is 16.7 Å². The lowest BCUT2D eigenvalue weighted by Gasteiger charge is -2.13. The Balaban J connectivity index is 0. The van der Waals surface area contributed by atoms with Crippen LogP contribution in [0.1, 0.15) is 13.8 Å². The first kappa shape index (κ1) is 17.6. The first-order valence-corrected chi connectivity index (χ1v) is 4.94. The molecule has 0 unspecified atom stereocenters. The summed E-state index contributed by atoms with van der Waals surface area (Å²) in [5.74, 6) is -1.01. The van der Waals surface area contributed by atoms with Gasteiger partial charge in [0, 0.05) is 14.1 Å². The summed E-state index contributed by atoms with van der Waals surface area (Å²) in [6.07, 6.45) is 0. The number of carboxylic acids is 1. The second-order valence-corrected chi connectivity index (χ2v) is 3.89. The van der Waals surface area contributed by atoms with Crippen molar-refractivity contribution in [3.63, 3.8) is 0 Å². The maximum atomic E-state index is 10.0. The Kier molecular flexibility index (Phi) is 8.61. The topological polar surface area (TPSA) is 152 Å². The Morgan fingerprint density at radius 1 is 1.35 bits per heavy atom. The molecule has 100 valence electrons. The van der Waals surface area contributed by atoms with Crippen LogP contribution in [0.5, 0.6) is 0 Å². The summed E-state index contributed by atoms with van der Waals surface area (Å²) in [7, 11) is 3.39. The van der Waals surface area contributed by atoms with Crippen molar-refractivity contribution in [2.75, 3.05) is 14.1 Å². The van der Waals surface area contributed by atoms with Crippen LogP contribution < -0.4 is 16.8 Å². The van der Waals surface area contributed by atoms with Crippen molar-refractivity contribution in [2.45, 2.75) is 19.9 Å². The van der Waals surface area contributed by atoms with E-state index in [-0.39, 0.29) is 17.8 Å². The molecule has 0 amide bonds. The highest BCUT2D eigenvalue weighted by Gasteiger charge is 2.14. The highest BCUT2D eigenvalue weighted by Crippen LogP contribution is 1.96. The Morgan fingerprint density at radius 3 is 1.82 bits per heavy atom. The molecular weight excluding hydrogens is 224 g/mol. The van der Waals surface area contributed by atoms with E-state index < -0.39 is 12.0 Å². The summed E-state index contributed by atoms with van der Waals surface area (Å²) in [6.45, 7) is 3.55. The van der Waals surface area contributed by atoms with Gasteiger partial charge < -0.3 is 21.5 Å². The van der Waals surface area contributed by atoms with Crippen LogP contribution in [0.4, 0.5) is 0 Å². The molecule has 0 aromatic carbocycles. The Labute approximate surface area is 101 Å². The standard InChI is InChI=1S/C5H11NO2.C4H11N5/c1-3(2)4(6)5(7)8;1-9(2)4(7)8-3(5)6/h3-4H,6H2,1-2H3,(H,7,8);1-2H3,(H5,5,6,7,8)/t4-;/m0./s1. The quantitative estimate of drug-likeness (QED) is 0.272. The van der Waals surface area contributed by atoms with Crippen LogP contribution in [0.15, 0.2) is 0 Å². The predicted molar refractivity (Wildman–Crippen MR) is 66.9 cm³/mol. The Hall–Kier alpha value is -1.83. The van der Waals surface area contributed by atoms with E-state index in [2.05, 4.69) is 5.32 Å². The molecule has 0 radical (unpaired) electrons. The third kappa shape index (κ3) is 10.5. The smallest absolute Gasteiger partial charge is 0.320 e. The second-order valence-electron chi connectivity index (χ2n) is 3.89. The molecule has 0 aromatic rings. The summed E-state index contributed by atoms with van der Waals surface area (Å²) < 4.78 is 0. The number of rotatable bonds is 2. The molecular formula is C9H22N6O2. The molecule has 8 heteroatoms. The van der Waals surface area contributed by atoms with Crippen molar-refractivity contribution in [1.29, 1.82) is 10.8 Å². The number of nitrogens with zero attached hydrogens (tertiary/aromatic N) is 1. The van der Waals surface area contributed by atoms with Gasteiger partial charge in [0.15, 0.2) is 11.9 Å². The van der Waals surface area contributed by atoms with Gasteiger partial charge in [-0.1, -0.05) is 13.8 Å². The number of nitrogens with two attached hydrogens (primary N) is 2. The van der Waals surface area contributed by atoms with Gasteiger partial charge in [0.05, 0.1) is 0 Å². The third-order valence-corrected chi connectivity index (χ3v) is 1.70. The highest BCUT2D eigenvalue weighted by molar-refractivity contribution is 5.94. The van der Waals surface area contributed by atoms with Crippen LogP contribution in [0.2, 0.25) is 0 Å². The molecule has 0 aromatic heterocycles. The van der Waals surface area contributed by atoms with Gasteiger partial charge in [-0.25, -0.2) is 0 Å². The molecule has 0 saturated carbocycles. The van der Waals surface area contributed by atoms with Gasteiger partial charge in [-0.3, -0.25) is 20.9 Å². The average molecular weight is 246 g/mol. The Morgan fingerprint density at radius 2 is 1.76 bits per heavy atom. The molecule has 17 heavy (non-hydrogen) atoms. The summed E-state index contributed by atoms with van der Waals surface area (Å²) >= 11 is 0. The lowest BCUT2D eigenvalue weighted by Crippen LogP contribution is -2.42. The Bertz CT molecular complexity index is 277. The summed E-state index contributed by atoms with van der Waals surface area (Å²) in [5, 5.41) is 24.3. The van der Waals surface area contributed by atoms with Gasteiger partial charge in [0.2, 0.25) is 0 Å². The number of nitrogens with one attached hydrogen (secondary N) is 3. The molecule has 0 saturated heterocycles. The SMILES string of the molecule is CC(C)[C@H](N)C(=O)O.CN(C)C(=N)NC(=N)N. The second kappa shape index (κ2) is 8.34. The van der Waals surface area contributed by atoms with Crippen molar-refractivity contribution in [3.8, 4) is 0 Å². The van der Waals surface area contributed by atoms with E-state index in [1.807, 2.05) is 0 Å². The maximum absolute atomic E-state index is 10.0. The van der Waals surface area contributed by atoms with Gasteiger partial charge in [0.1, 0.15) is 6.04 Å². The summed E-state index contributed by atoms with van der Waals surface area (Å²) in [4.78, 5) is 11.5. The third-order valence-electron chi connectivity index (χ3n) is 1.70. The molecule has 0 fully saturated rings. The van der Waals surface area contributed by atoms with Crippen molar-refractivity contribution in [3.05, 3.63) is 0 Å². The molecule has 0 bridgehead atoms. The monoisotopic (exact) mass is 246 g/mol. The molecule has 0 aliphatic rings. The maximum Gasteiger partial charge on any atom is 0.320 e. The van der Waals surface area contributed by atoms with Gasteiger partial charge >= 0.3 is 5.97 Å². The van der Waals surface area contributed by atoms with Gasteiger partial charge in [-0.05, 0) is 5.92 Å².